The molecule has 1 N–H and O–H groups in total. The number of methoxy groups -OCH3 is 1. The fourth-order valence-corrected chi connectivity index (χ4v) is 5.02. The van der Waals surface area contributed by atoms with Crippen LogP contribution < -0.4 is 5.32 Å². The third-order valence-electron chi connectivity index (χ3n) is 6.34. The van der Waals surface area contributed by atoms with E-state index in [1.165, 1.54) is 10.5 Å². The van der Waals surface area contributed by atoms with Crippen molar-refractivity contribution in [2.24, 2.45) is 11.8 Å². The normalized spacial score (nSPS) is 29.6. The molecule has 7 nitrogen and oxygen atoms in total. The summed E-state index contributed by atoms with van der Waals surface area (Å²) in [7, 11) is 1.71. The number of benzene rings is 1. The van der Waals surface area contributed by atoms with Gasteiger partial charge in [0.15, 0.2) is 0 Å². The zero-order chi connectivity index (χ0) is 20.4. The van der Waals surface area contributed by atoms with Gasteiger partial charge in [-0.15, -0.1) is 0 Å². The molecule has 0 bridgehead atoms. The molecule has 2 amide bonds. The van der Waals surface area contributed by atoms with E-state index in [1.807, 2.05) is 12.1 Å². The molecule has 1 aliphatic carbocycles. The van der Waals surface area contributed by atoms with Crippen molar-refractivity contribution >= 4 is 23.6 Å². The Labute approximate surface area is 176 Å². The molecule has 1 aromatic rings. The van der Waals surface area contributed by atoms with Crippen molar-refractivity contribution in [3.63, 3.8) is 0 Å². The molecule has 158 valence electrons. The van der Waals surface area contributed by atoms with E-state index in [9.17, 15) is 9.59 Å². The number of likely N-dealkylation sites (tertiary alicyclic amines) is 1. The van der Waals surface area contributed by atoms with E-state index in [0.29, 0.717) is 25.0 Å². The van der Waals surface area contributed by atoms with Crippen molar-refractivity contribution in [3.05, 3.63) is 34.9 Å². The molecule has 3 fully saturated rings. The van der Waals surface area contributed by atoms with Crippen molar-refractivity contribution in [2.45, 2.75) is 31.5 Å². The highest BCUT2D eigenvalue weighted by atomic mass is 35.5. The number of ether oxygens (including phenoxy) is 2. The number of cyclic esters (lactones) is 1. The average molecular weight is 422 g/mol. The predicted molar refractivity (Wildman–Crippen MR) is 109 cm³/mol. The summed E-state index contributed by atoms with van der Waals surface area (Å²) >= 11 is 5.99. The molecule has 0 aromatic heterocycles. The van der Waals surface area contributed by atoms with E-state index in [-0.39, 0.29) is 24.6 Å². The van der Waals surface area contributed by atoms with Crippen LogP contribution in [0.15, 0.2) is 24.3 Å². The molecule has 2 aliphatic heterocycles. The molecule has 2 heterocycles. The number of carbonyl (C=O) groups excluding carboxylic acids is 2. The fraction of sp³-hybridized carbons (Fsp3) is 0.619. The van der Waals surface area contributed by atoms with Gasteiger partial charge < -0.3 is 14.8 Å². The zero-order valence-corrected chi connectivity index (χ0v) is 17.4. The van der Waals surface area contributed by atoms with Crippen LogP contribution in [-0.4, -0.2) is 73.8 Å². The van der Waals surface area contributed by atoms with Crippen LogP contribution in [0.1, 0.15) is 18.4 Å². The van der Waals surface area contributed by atoms with Crippen LogP contribution in [0.2, 0.25) is 5.02 Å². The molecule has 4 atom stereocenters. The Hall–Kier alpha value is -1.83. The van der Waals surface area contributed by atoms with Gasteiger partial charge in [-0.05, 0) is 42.4 Å². The van der Waals surface area contributed by atoms with Gasteiger partial charge in [-0.3, -0.25) is 14.6 Å². The number of amides is 2. The molecule has 0 unspecified atom stereocenters. The molecule has 4 rings (SSSR count). The number of fused-ring (bicyclic) bond motifs is 1. The molecule has 0 radical (unpaired) electrons. The third-order valence-corrected chi connectivity index (χ3v) is 6.59. The van der Waals surface area contributed by atoms with Crippen LogP contribution in [0.3, 0.4) is 0 Å². The first-order valence-electron chi connectivity index (χ1n) is 10.2. The van der Waals surface area contributed by atoms with Gasteiger partial charge in [-0.25, -0.2) is 4.79 Å². The number of carbonyl (C=O) groups is 2. The highest BCUT2D eigenvalue weighted by molar-refractivity contribution is 6.30. The van der Waals surface area contributed by atoms with Gasteiger partial charge in [0.1, 0.15) is 13.2 Å². The minimum atomic E-state index is -0.416. The van der Waals surface area contributed by atoms with Gasteiger partial charge in [-0.2, -0.15) is 0 Å². The summed E-state index contributed by atoms with van der Waals surface area (Å²) in [6.45, 7) is 3.85. The summed E-state index contributed by atoms with van der Waals surface area (Å²) in [6.07, 6.45) is 1.42. The smallest absolute Gasteiger partial charge is 0.410 e. The third kappa shape index (κ3) is 4.85. The maximum atomic E-state index is 12.5. The SMILES string of the molecule is CO[C@H]1C[C@@H]2CN(Cc3ccc(Cl)cc3)C[C@@H]2C[C@@H]1NC(=O)CN1CCOC1=O. The monoisotopic (exact) mass is 421 g/mol. The van der Waals surface area contributed by atoms with Crippen molar-refractivity contribution < 1.29 is 19.1 Å². The second-order valence-corrected chi connectivity index (χ2v) is 8.73. The lowest BCUT2D eigenvalue weighted by atomic mass is 9.77. The van der Waals surface area contributed by atoms with E-state index in [2.05, 4.69) is 22.3 Å². The maximum Gasteiger partial charge on any atom is 0.410 e. The summed E-state index contributed by atoms with van der Waals surface area (Å²) in [4.78, 5) is 27.9. The minimum absolute atomic E-state index is 0.00112. The first kappa shape index (κ1) is 20.4. The van der Waals surface area contributed by atoms with Crippen molar-refractivity contribution in [1.29, 1.82) is 0 Å². The lowest BCUT2D eigenvalue weighted by Gasteiger charge is -2.37. The molecule has 1 aromatic carbocycles. The standard InChI is InChI=1S/C21H28ClN3O4/c1-28-19-9-16-12-24(10-14-2-4-17(22)5-3-14)11-15(16)8-18(19)23-20(26)13-25-6-7-29-21(25)27/h2-5,15-16,18-19H,6-13H2,1H3,(H,23,26)/t15-,16+,18-,19-/m0/s1. The Morgan fingerprint density at radius 1 is 1.24 bits per heavy atom. The lowest BCUT2D eigenvalue weighted by Crippen LogP contribution is -2.52. The topological polar surface area (TPSA) is 71.1 Å². The second-order valence-electron chi connectivity index (χ2n) is 8.30. The highest BCUT2D eigenvalue weighted by Gasteiger charge is 2.43. The molecule has 2 saturated heterocycles. The molecule has 8 heteroatoms. The summed E-state index contributed by atoms with van der Waals surface area (Å²) < 4.78 is 10.6. The van der Waals surface area contributed by atoms with Crippen LogP contribution in [-0.2, 0) is 20.8 Å². The minimum Gasteiger partial charge on any atom is -0.448 e. The zero-order valence-electron chi connectivity index (χ0n) is 16.7. The number of hydrogen-bond acceptors (Lipinski definition) is 5. The van der Waals surface area contributed by atoms with Gasteiger partial charge in [-0.1, -0.05) is 23.7 Å². The van der Waals surface area contributed by atoms with Crippen LogP contribution in [0.4, 0.5) is 4.79 Å². The van der Waals surface area contributed by atoms with Gasteiger partial charge in [0.05, 0.1) is 18.7 Å². The predicted octanol–water partition coefficient (Wildman–Crippen LogP) is 2.13. The number of rotatable bonds is 6. The summed E-state index contributed by atoms with van der Waals surface area (Å²) in [5.74, 6) is 0.968. The van der Waals surface area contributed by atoms with Gasteiger partial charge in [0.25, 0.3) is 0 Å². The number of halogens is 1. The first-order valence-corrected chi connectivity index (χ1v) is 10.6. The number of nitrogens with zero attached hydrogens (tertiary/aromatic N) is 2. The molecular formula is C21H28ClN3O4. The van der Waals surface area contributed by atoms with E-state index in [4.69, 9.17) is 21.1 Å². The van der Waals surface area contributed by atoms with Crippen LogP contribution in [0.25, 0.3) is 0 Å². The fourth-order valence-electron chi connectivity index (χ4n) is 4.90. The quantitative estimate of drug-likeness (QED) is 0.762. The van der Waals surface area contributed by atoms with Gasteiger partial charge >= 0.3 is 6.09 Å². The van der Waals surface area contributed by atoms with Gasteiger partial charge in [0, 0.05) is 31.8 Å². The number of nitrogens with one attached hydrogen (secondary N) is 1. The van der Waals surface area contributed by atoms with Crippen molar-refractivity contribution in [3.8, 4) is 0 Å². The van der Waals surface area contributed by atoms with E-state index in [1.54, 1.807) is 7.11 Å². The maximum absolute atomic E-state index is 12.5. The Kier molecular flexibility index (Phi) is 6.27. The largest absolute Gasteiger partial charge is 0.448 e. The van der Waals surface area contributed by atoms with Crippen LogP contribution in [0.5, 0.6) is 0 Å². The van der Waals surface area contributed by atoms with E-state index in [0.717, 1.165) is 37.5 Å². The van der Waals surface area contributed by atoms with Crippen LogP contribution >= 0.6 is 11.6 Å². The Morgan fingerprint density at radius 2 is 1.97 bits per heavy atom. The van der Waals surface area contributed by atoms with Gasteiger partial charge in [0.2, 0.25) is 5.91 Å². The number of hydrogen-bond donors (Lipinski definition) is 1. The molecule has 0 spiro atoms. The first-order chi connectivity index (χ1) is 14.0. The van der Waals surface area contributed by atoms with Crippen molar-refractivity contribution in [1.82, 2.24) is 15.1 Å². The molecule has 1 saturated carbocycles. The van der Waals surface area contributed by atoms with E-state index >= 15 is 0 Å². The Balaban J connectivity index is 1.32. The summed E-state index contributed by atoms with van der Waals surface area (Å²) in [6, 6.07) is 8.00. The highest BCUT2D eigenvalue weighted by Crippen LogP contribution is 2.38. The van der Waals surface area contributed by atoms with Crippen molar-refractivity contribution in [2.75, 3.05) is 39.9 Å². The Morgan fingerprint density at radius 3 is 2.62 bits per heavy atom. The van der Waals surface area contributed by atoms with Crippen LogP contribution in [0, 0.1) is 11.8 Å². The molecule has 3 aliphatic rings. The summed E-state index contributed by atoms with van der Waals surface area (Å²) in [5, 5.41) is 3.86. The second kappa shape index (κ2) is 8.90. The summed E-state index contributed by atoms with van der Waals surface area (Å²) in [5.41, 5.74) is 1.26. The average Bonchev–Trinajstić information content (AvgIpc) is 3.28. The molecule has 29 heavy (non-hydrogen) atoms. The van der Waals surface area contributed by atoms with E-state index < -0.39 is 6.09 Å². The molecular weight excluding hydrogens is 394 g/mol. The Bertz CT molecular complexity index is 744. The lowest BCUT2D eigenvalue weighted by molar-refractivity contribution is -0.124.